The van der Waals surface area contributed by atoms with Crippen molar-refractivity contribution in [1.29, 1.82) is 0 Å². The fourth-order valence-electron chi connectivity index (χ4n) is 7.30. The van der Waals surface area contributed by atoms with Crippen LogP contribution >= 0.6 is 11.3 Å². The van der Waals surface area contributed by atoms with Crippen LogP contribution in [0, 0.1) is 0 Å². The Morgan fingerprint density at radius 3 is 2.48 bits per heavy atom. The number of hydrogen-bond donors (Lipinski definition) is 2. The van der Waals surface area contributed by atoms with Crippen molar-refractivity contribution in [2.75, 3.05) is 17.2 Å². The summed E-state index contributed by atoms with van der Waals surface area (Å²) in [6.45, 7) is 0.824. The Balaban J connectivity index is 1.17. The number of nitrogens with zero attached hydrogens (tertiary/aromatic N) is 2. The molecule has 2 aliphatic rings. The third kappa shape index (κ3) is 3.76. The molecule has 46 heavy (non-hydrogen) atoms. The first kappa shape index (κ1) is 25.7. The second-order valence-corrected chi connectivity index (χ2v) is 13.1. The fourth-order valence-corrected chi connectivity index (χ4v) is 8.70. The minimum absolute atomic E-state index is 0.0402. The summed E-state index contributed by atoms with van der Waals surface area (Å²) in [5.74, 6) is 0. The lowest BCUT2D eigenvalue weighted by Crippen LogP contribution is -2.17. The number of nitrogens with one attached hydrogen (secondary N) is 2. The Kier molecular flexibility index (Phi) is 5.54. The van der Waals surface area contributed by atoms with Gasteiger partial charge in [0, 0.05) is 50.3 Å². The van der Waals surface area contributed by atoms with Crippen molar-refractivity contribution in [3.05, 3.63) is 150 Å². The van der Waals surface area contributed by atoms with Crippen LogP contribution in [0.25, 0.3) is 65.5 Å². The van der Waals surface area contributed by atoms with E-state index in [-0.39, 0.29) is 6.04 Å². The van der Waals surface area contributed by atoms with Crippen LogP contribution in [0.1, 0.15) is 22.7 Å². The molecule has 5 aromatic carbocycles. The van der Waals surface area contributed by atoms with E-state index in [9.17, 15) is 0 Å². The van der Waals surface area contributed by atoms with Gasteiger partial charge in [-0.15, -0.1) is 11.3 Å². The van der Waals surface area contributed by atoms with Gasteiger partial charge in [-0.2, -0.15) is 0 Å². The lowest BCUT2D eigenvalue weighted by molar-refractivity contribution is 0.937. The quantitative estimate of drug-likeness (QED) is 0.210. The van der Waals surface area contributed by atoms with E-state index in [1.165, 1.54) is 53.9 Å². The summed E-state index contributed by atoms with van der Waals surface area (Å²) in [4.78, 5) is 6.50. The van der Waals surface area contributed by atoms with Crippen LogP contribution in [0.4, 0.5) is 11.4 Å². The van der Waals surface area contributed by atoms with Gasteiger partial charge in [0.25, 0.3) is 0 Å². The summed E-state index contributed by atoms with van der Waals surface area (Å²) in [7, 11) is 0. The maximum atomic E-state index is 5.16. The van der Waals surface area contributed by atoms with Crippen molar-refractivity contribution in [1.82, 2.24) is 9.55 Å². The highest BCUT2D eigenvalue weighted by Gasteiger charge is 2.32. The predicted octanol–water partition coefficient (Wildman–Crippen LogP) is 10.7. The molecule has 0 aliphatic carbocycles. The Morgan fingerprint density at radius 2 is 1.57 bits per heavy atom. The number of aromatic nitrogens is 2. The largest absolute Gasteiger partial charge is 0.379 e. The number of pyridine rings is 1. The number of benzene rings is 5. The van der Waals surface area contributed by atoms with Crippen LogP contribution in [0.5, 0.6) is 0 Å². The second-order valence-electron chi connectivity index (χ2n) is 12.0. The zero-order chi connectivity index (χ0) is 30.2. The Bertz CT molecular complexity index is 2500. The van der Waals surface area contributed by atoms with Gasteiger partial charge in [0.15, 0.2) is 0 Å². The molecule has 1 atom stereocenters. The molecule has 8 aromatic rings. The average Bonchev–Trinajstić information content (AvgIpc) is 3.67. The Morgan fingerprint density at radius 1 is 0.761 bits per heavy atom. The van der Waals surface area contributed by atoms with Crippen molar-refractivity contribution >= 4 is 60.8 Å². The van der Waals surface area contributed by atoms with Gasteiger partial charge >= 0.3 is 0 Å². The molecule has 4 nitrogen and oxygen atoms in total. The Hall–Kier alpha value is -5.65. The van der Waals surface area contributed by atoms with Crippen molar-refractivity contribution < 1.29 is 0 Å². The molecule has 1 unspecified atom stereocenters. The molecule has 5 heteroatoms. The molecular weight excluding hydrogens is 581 g/mol. The second kappa shape index (κ2) is 9.93. The monoisotopic (exact) mass is 608 g/mol. The van der Waals surface area contributed by atoms with E-state index in [0.717, 1.165) is 40.1 Å². The molecule has 0 fully saturated rings. The molecular formula is C41H28N4S. The summed E-state index contributed by atoms with van der Waals surface area (Å²) >= 11 is 1.92. The highest BCUT2D eigenvalue weighted by Crippen LogP contribution is 2.53. The van der Waals surface area contributed by atoms with E-state index in [1.807, 2.05) is 11.3 Å². The normalized spacial score (nSPS) is 14.9. The van der Waals surface area contributed by atoms with Gasteiger partial charge < -0.3 is 15.2 Å². The minimum Gasteiger partial charge on any atom is -0.379 e. The summed E-state index contributed by atoms with van der Waals surface area (Å²) in [5.41, 5.74) is 14.1. The van der Waals surface area contributed by atoms with E-state index >= 15 is 0 Å². The zero-order valence-electron chi connectivity index (χ0n) is 24.9. The van der Waals surface area contributed by atoms with Crippen LogP contribution < -0.4 is 10.6 Å². The highest BCUT2D eigenvalue weighted by molar-refractivity contribution is 7.23. The number of thiophene rings is 1. The van der Waals surface area contributed by atoms with Gasteiger partial charge in [0.2, 0.25) is 0 Å². The van der Waals surface area contributed by atoms with Gasteiger partial charge in [0.05, 0.1) is 38.7 Å². The molecule has 10 rings (SSSR count). The molecule has 2 N–H and O–H groups in total. The van der Waals surface area contributed by atoms with Gasteiger partial charge in [-0.25, -0.2) is 4.98 Å². The molecule has 5 heterocycles. The molecule has 0 saturated carbocycles. The molecule has 2 aliphatic heterocycles. The maximum absolute atomic E-state index is 5.16. The number of hydrogen-bond acceptors (Lipinski definition) is 4. The first-order chi connectivity index (χ1) is 22.8. The topological polar surface area (TPSA) is 41.9 Å². The number of fused-ring (bicyclic) bond motifs is 10. The predicted molar refractivity (Wildman–Crippen MR) is 194 cm³/mol. The van der Waals surface area contributed by atoms with Crippen molar-refractivity contribution in [2.24, 2.45) is 0 Å². The van der Waals surface area contributed by atoms with Crippen LogP contribution in [-0.2, 0) is 0 Å². The van der Waals surface area contributed by atoms with Crippen molar-refractivity contribution in [3.63, 3.8) is 0 Å². The van der Waals surface area contributed by atoms with Gasteiger partial charge in [-0.3, -0.25) is 0 Å². The average molecular weight is 609 g/mol. The molecule has 218 valence electrons. The highest BCUT2D eigenvalue weighted by atomic mass is 32.1. The van der Waals surface area contributed by atoms with Gasteiger partial charge in [-0.05, 0) is 41.5 Å². The first-order valence-corrected chi connectivity index (χ1v) is 16.6. The summed E-state index contributed by atoms with van der Waals surface area (Å²) in [6.07, 6.45) is 4.33. The van der Waals surface area contributed by atoms with E-state index in [0.29, 0.717) is 0 Å². The standard InChI is InChI=1S/C41H28N4S/c1-2-9-26(10-3-1)36-35-39-41(46-40(35)30-12-4-6-14-33(30)44-36)31-13-5-7-15-34(31)45(39)29-21-18-25(19-22-29)32-23-20-28-17-16-27-11-8-24-42-37(27)38(28)43-32/h1-23,36,42,44H,24H2. The fraction of sp³-hybridized carbons (Fsp3) is 0.0488. The summed E-state index contributed by atoms with van der Waals surface area (Å²) in [6, 6.07) is 46.0. The van der Waals surface area contributed by atoms with E-state index in [2.05, 4.69) is 155 Å². The maximum Gasteiger partial charge on any atom is 0.0947 e. The van der Waals surface area contributed by atoms with Gasteiger partial charge in [0.1, 0.15) is 0 Å². The van der Waals surface area contributed by atoms with Crippen LogP contribution in [0.3, 0.4) is 0 Å². The smallest absolute Gasteiger partial charge is 0.0947 e. The molecule has 0 spiro atoms. The lowest BCUT2D eigenvalue weighted by atomic mass is 9.91. The number of anilines is 2. The molecule has 0 amide bonds. The molecule has 0 saturated heterocycles. The molecule has 0 bridgehead atoms. The zero-order valence-corrected chi connectivity index (χ0v) is 25.7. The number of rotatable bonds is 3. The van der Waals surface area contributed by atoms with Crippen LogP contribution in [0.2, 0.25) is 0 Å². The van der Waals surface area contributed by atoms with Crippen molar-refractivity contribution in [2.45, 2.75) is 6.04 Å². The minimum atomic E-state index is 0.0402. The van der Waals surface area contributed by atoms with Crippen LogP contribution in [-0.4, -0.2) is 16.1 Å². The van der Waals surface area contributed by atoms with E-state index in [4.69, 9.17) is 4.98 Å². The molecule has 0 radical (unpaired) electrons. The lowest BCUT2D eigenvalue weighted by Gasteiger charge is -2.28. The van der Waals surface area contributed by atoms with Gasteiger partial charge in [-0.1, -0.05) is 109 Å². The van der Waals surface area contributed by atoms with E-state index < -0.39 is 0 Å². The molecule has 3 aromatic heterocycles. The first-order valence-electron chi connectivity index (χ1n) is 15.7. The Labute approximate surface area is 270 Å². The van der Waals surface area contributed by atoms with E-state index in [1.54, 1.807) is 0 Å². The third-order valence-corrected chi connectivity index (χ3v) is 10.7. The summed E-state index contributed by atoms with van der Waals surface area (Å²) < 4.78 is 3.79. The van der Waals surface area contributed by atoms with Crippen LogP contribution in [0.15, 0.2) is 133 Å². The summed E-state index contributed by atoms with van der Waals surface area (Å²) in [5, 5.41) is 9.88. The SMILES string of the molecule is C1=Cc2ccc3ccc(-c4ccc(-n5c6ccccc6c6sc7c(c65)C(c5ccccc5)Nc5ccccc5-7)cc4)nc3c2NC1. The third-order valence-electron chi connectivity index (χ3n) is 9.43. The van der Waals surface area contributed by atoms with Crippen molar-refractivity contribution in [3.8, 4) is 27.4 Å². The number of para-hydroxylation sites is 2.